The van der Waals surface area contributed by atoms with Crippen molar-refractivity contribution in [1.82, 2.24) is 8.80 Å². The molecule has 9 aromatic carbocycles. The Balaban J connectivity index is 1.23. The Morgan fingerprint density at radius 3 is 1.14 bits per heavy atom. The summed E-state index contributed by atoms with van der Waals surface area (Å²) < 4.78 is 134. The van der Waals surface area contributed by atoms with Crippen molar-refractivity contribution < 1.29 is 19.2 Å². The molecule has 0 spiro atoms. The minimum absolute atomic E-state index is 0.161. The molecule has 0 aliphatic rings. The first kappa shape index (κ1) is 26.8. The first-order valence-corrected chi connectivity index (χ1v) is 22.1. The van der Waals surface area contributed by atoms with Crippen molar-refractivity contribution >= 4 is 110 Å². The highest BCUT2D eigenvalue weighted by molar-refractivity contribution is 6.32. The number of nitrogens with zero attached hydrogens (tertiary/aromatic N) is 4. The third kappa shape index (κ3) is 5.51. The quantitative estimate of drug-likeness (QED) is 0.165. The van der Waals surface area contributed by atoms with Gasteiger partial charge in [-0.1, -0.05) is 138 Å². The van der Waals surface area contributed by atoms with Crippen molar-refractivity contribution in [3.05, 3.63) is 205 Å². The lowest BCUT2D eigenvalue weighted by atomic mass is 9.86. The molecule has 4 aromatic heterocycles. The Kier molecular flexibility index (Phi) is 5.63. The van der Waals surface area contributed by atoms with E-state index in [2.05, 4.69) is 74.6 Å². The second kappa shape index (κ2) is 13.8. The Hall–Kier alpha value is -7.82. The van der Waals surface area contributed by atoms with Gasteiger partial charge in [0.15, 0.2) is 0 Å². The van der Waals surface area contributed by atoms with E-state index in [-0.39, 0.29) is 57.7 Å². The second-order valence-electron chi connectivity index (χ2n) is 19.2. The van der Waals surface area contributed by atoms with E-state index in [0.717, 1.165) is 22.2 Å². The van der Waals surface area contributed by atoms with Crippen LogP contribution in [-0.4, -0.2) is 8.80 Å². The molecule has 66 heavy (non-hydrogen) atoms. The number of rotatable bonds is 6. The minimum atomic E-state index is -0.562. The molecule has 13 rings (SSSR count). The van der Waals surface area contributed by atoms with Crippen LogP contribution in [0.15, 0.2) is 194 Å². The van der Waals surface area contributed by atoms with Crippen molar-refractivity contribution in [1.29, 1.82) is 0 Å². The Morgan fingerprint density at radius 1 is 0.364 bits per heavy atom. The van der Waals surface area contributed by atoms with Crippen LogP contribution in [0.1, 0.15) is 71.9 Å². The van der Waals surface area contributed by atoms with E-state index >= 15 is 0 Å². The monoisotopic (exact) mass is 864 g/mol. The van der Waals surface area contributed by atoms with Gasteiger partial charge < -0.3 is 18.6 Å². The van der Waals surface area contributed by atoms with Crippen molar-refractivity contribution in [2.45, 2.75) is 52.4 Å². The zero-order valence-corrected chi connectivity index (χ0v) is 37.2. The van der Waals surface area contributed by atoms with Crippen LogP contribution in [0.4, 0.5) is 34.1 Å². The van der Waals surface area contributed by atoms with Crippen molar-refractivity contribution in [2.24, 2.45) is 0 Å². The SMILES string of the molecule is [2H]c1c([2H])c([2H])c(N(c2ccccc2)c2c([2H])c([2H])c3c4cc5c(cc4n4c6ccc(C(C)(C)C)cc6c2c34)c2c([2H])c([2H])c(N(c3ccccc3)c3c([2H])c([2H])c([2H])c([2H])c3[2H])c3c4cc(C(C)(C)C)ccc4n5c23)c([2H])c1[2H]. The molecule has 13 aromatic rings. The molecular weight excluding hydrogens is 801 g/mol. The van der Waals surface area contributed by atoms with E-state index in [9.17, 15) is 11.0 Å². The molecule has 0 radical (unpaired) electrons. The summed E-state index contributed by atoms with van der Waals surface area (Å²) in [6.45, 7) is 12.6. The Bertz CT molecular complexity index is 4480. The largest absolute Gasteiger partial charge is 0.310 e. The standard InChI is InChI=1S/C62H50N4/c1-61(2,3)39-27-31-51-49(35-39)57-53(63(41-19-11-7-12-20-41)42-21-13-8-14-22-42)33-29-45-47-38-56-48(37-55(47)65(51)59(45)57)46-30-34-54(64(43-23-15-9-16-24-43)44-25-17-10-18-26-44)58-50-36-40(62(4,5)6)28-32-52(50)66(56)60(46)58/h7-38H,1-6H3/i7D,9D,11D,12D,15D,16D,19D,20D,23D,24D,29D,30D,33D,34D. The van der Waals surface area contributed by atoms with Gasteiger partial charge in [-0.2, -0.15) is 0 Å². The molecule has 4 heteroatoms. The zero-order valence-electron chi connectivity index (χ0n) is 51.2. The number of hydrogen-bond acceptors (Lipinski definition) is 2. The number of fused-ring (bicyclic) bond motifs is 12. The average molecular weight is 865 g/mol. The molecule has 0 aliphatic heterocycles. The third-order valence-electron chi connectivity index (χ3n) is 13.3. The first-order chi connectivity index (χ1) is 37.9. The molecule has 4 heterocycles. The summed E-state index contributed by atoms with van der Waals surface area (Å²) in [6.07, 6.45) is 0. The van der Waals surface area contributed by atoms with Crippen LogP contribution in [0.25, 0.3) is 76.2 Å². The van der Waals surface area contributed by atoms with Gasteiger partial charge in [0.05, 0.1) is 63.7 Å². The van der Waals surface area contributed by atoms with Crippen LogP contribution in [0.3, 0.4) is 0 Å². The highest BCUT2D eigenvalue weighted by Crippen LogP contribution is 2.52. The molecule has 0 saturated heterocycles. The third-order valence-corrected chi connectivity index (χ3v) is 13.3. The maximum Gasteiger partial charge on any atom is 0.0645 e. The normalized spacial score (nSPS) is 15.7. The molecule has 0 N–H and O–H groups in total. The van der Waals surface area contributed by atoms with Crippen LogP contribution in [0.5, 0.6) is 0 Å². The van der Waals surface area contributed by atoms with Crippen molar-refractivity contribution in [3.8, 4) is 0 Å². The fourth-order valence-electron chi connectivity index (χ4n) is 10.1. The summed E-state index contributed by atoms with van der Waals surface area (Å²) in [5.41, 5.74) is 5.92. The predicted molar refractivity (Wildman–Crippen MR) is 283 cm³/mol. The summed E-state index contributed by atoms with van der Waals surface area (Å²) in [4.78, 5) is 3.06. The Labute approximate surface area is 404 Å². The molecule has 4 nitrogen and oxygen atoms in total. The molecule has 0 unspecified atom stereocenters. The van der Waals surface area contributed by atoms with Gasteiger partial charge in [-0.15, -0.1) is 0 Å². The number of para-hydroxylation sites is 4. The van der Waals surface area contributed by atoms with Gasteiger partial charge in [-0.05, 0) is 119 Å². The fourth-order valence-corrected chi connectivity index (χ4v) is 10.1. The molecule has 318 valence electrons. The first-order valence-electron chi connectivity index (χ1n) is 29.1. The van der Waals surface area contributed by atoms with Gasteiger partial charge in [0.1, 0.15) is 0 Å². The maximum absolute atomic E-state index is 10.2. The van der Waals surface area contributed by atoms with Crippen LogP contribution in [-0.2, 0) is 10.8 Å². The van der Waals surface area contributed by atoms with Crippen LogP contribution >= 0.6 is 0 Å². The molecule has 0 aliphatic carbocycles. The predicted octanol–water partition coefficient (Wildman–Crippen LogP) is 17.5. The number of hydrogen-bond donors (Lipinski definition) is 0. The number of aromatic nitrogens is 2. The molecule has 0 fully saturated rings. The van der Waals surface area contributed by atoms with Gasteiger partial charge in [0, 0.05) is 65.8 Å². The van der Waals surface area contributed by atoms with Crippen LogP contribution in [0.2, 0.25) is 0 Å². The minimum Gasteiger partial charge on any atom is -0.310 e. The summed E-state index contributed by atoms with van der Waals surface area (Å²) in [6, 6.07) is 27.9. The molecular formula is C62H50N4. The van der Waals surface area contributed by atoms with Crippen molar-refractivity contribution in [2.75, 3.05) is 9.80 Å². The average Bonchev–Trinajstić information content (AvgIpc) is 4.29. The van der Waals surface area contributed by atoms with E-state index < -0.39 is 60.4 Å². The lowest BCUT2D eigenvalue weighted by Gasteiger charge is -2.26. The van der Waals surface area contributed by atoms with E-state index in [1.807, 2.05) is 24.3 Å². The van der Waals surface area contributed by atoms with Crippen LogP contribution in [0, 0.1) is 0 Å². The lowest BCUT2D eigenvalue weighted by molar-refractivity contribution is 0.591. The molecule has 0 saturated carbocycles. The maximum atomic E-state index is 10.2. The highest BCUT2D eigenvalue weighted by Gasteiger charge is 2.29. The topological polar surface area (TPSA) is 15.3 Å². The summed E-state index contributed by atoms with van der Waals surface area (Å²) in [7, 11) is 0. The zero-order chi connectivity index (χ0) is 56.8. The smallest absolute Gasteiger partial charge is 0.0645 e. The molecule has 0 amide bonds. The van der Waals surface area contributed by atoms with Gasteiger partial charge in [-0.25, -0.2) is 0 Å². The summed E-state index contributed by atoms with van der Waals surface area (Å²) in [5.74, 6) is 0. The van der Waals surface area contributed by atoms with E-state index in [4.69, 9.17) is 8.22 Å². The van der Waals surface area contributed by atoms with Gasteiger partial charge in [0.25, 0.3) is 0 Å². The second-order valence-corrected chi connectivity index (χ2v) is 19.2. The molecule has 0 atom stereocenters. The summed E-state index contributed by atoms with van der Waals surface area (Å²) >= 11 is 0. The highest BCUT2D eigenvalue weighted by atomic mass is 15.2. The number of benzene rings is 9. The van der Waals surface area contributed by atoms with E-state index in [1.165, 1.54) is 9.80 Å². The number of anilines is 6. The Morgan fingerprint density at radius 2 is 0.758 bits per heavy atom. The van der Waals surface area contributed by atoms with Crippen LogP contribution < -0.4 is 9.80 Å². The van der Waals surface area contributed by atoms with Gasteiger partial charge in [-0.3, -0.25) is 0 Å². The van der Waals surface area contributed by atoms with E-state index in [0.29, 0.717) is 76.5 Å². The molecule has 0 bridgehead atoms. The fraction of sp³-hybridized carbons (Fsp3) is 0.129. The lowest BCUT2D eigenvalue weighted by Crippen LogP contribution is -2.11. The van der Waals surface area contributed by atoms with Crippen molar-refractivity contribution in [3.63, 3.8) is 0 Å². The van der Waals surface area contributed by atoms with Gasteiger partial charge >= 0.3 is 0 Å². The summed E-state index contributed by atoms with van der Waals surface area (Å²) in [5, 5.41) is 4.59. The van der Waals surface area contributed by atoms with Gasteiger partial charge in [0.2, 0.25) is 0 Å². The van der Waals surface area contributed by atoms with E-state index in [1.54, 1.807) is 60.7 Å².